The van der Waals surface area contributed by atoms with E-state index in [9.17, 15) is 9.13 Å². The first-order valence-corrected chi connectivity index (χ1v) is 8.39. The summed E-state index contributed by atoms with van der Waals surface area (Å²) in [4.78, 5) is 34.9. The molecule has 0 amide bonds. The fourth-order valence-electron chi connectivity index (χ4n) is 1.25. The molecule has 0 saturated heterocycles. The van der Waals surface area contributed by atoms with E-state index in [4.69, 9.17) is 30.0 Å². The third kappa shape index (κ3) is 12.3. The molecule has 0 aromatic rings. The van der Waals surface area contributed by atoms with Crippen molar-refractivity contribution in [1.29, 1.82) is 0 Å². The molecule has 21 heavy (non-hydrogen) atoms. The van der Waals surface area contributed by atoms with Gasteiger partial charge >= 0.3 is 74.3 Å². The van der Waals surface area contributed by atoms with E-state index in [0.717, 1.165) is 0 Å². The summed E-state index contributed by atoms with van der Waals surface area (Å²) >= 11 is 0. The van der Waals surface area contributed by atoms with Crippen LogP contribution in [0.2, 0.25) is 0 Å². The average molecular weight is 366 g/mol. The van der Waals surface area contributed by atoms with Gasteiger partial charge in [-0.05, 0) is 12.8 Å². The molecular weight excluding hydrogens is 348 g/mol. The maximum Gasteiger partial charge on any atom is 1.00 e. The van der Waals surface area contributed by atoms with Crippen LogP contribution in [0.15, 0.2) is 10.3 Å². The summed E-state index contributed by atoms with van der Waals surface area (Å²) in [5.74, 6) is 0. The largest absolute Gasteiger partial charge is 1.00 e. The van der Waals surface area contributed by atoms with Crippen LogP contribution in [0.1, 0.15) is 35.0 Å². The Morgan fingerprint density at radius 3 is 1.24 bits per heavy atom. The molecule has 10 nitrogen and oxygen atoms in total. The topological polar surface area (TPSA) is 180 Å². The Bertz CT molecular complexity index is 416. The zero-order valence-electron chi connectivity index (χ0n) is 13.8. The molecule has 0 bridgehead atoms. The monoisotopic (exact) mass is 366 g/mol. The van der Waals surface area contributed by atoms with Gasteiger partial charge in [0.15, 0.2) is 10.9 Å². The van der Waals surface area contributed by atoms with Gasteiger partial charge < -0.3 is 32.8 Å². The Balaban J connectivity index is -0.000000270. The molecule has 0 aliphatic heterocycles. The first-order valence-electron chi connectivity index (χ1n) is 5.17. The maximum absolute atomic E-state index is 10.8. The molecule has 0 heterocycles. The third-order valence-corrected chi connectivity index (χ3v) is 4.18. The molecule has 0 fully saturated rings. The van der Waals surface area contributed by atoms with Gasteiger partial charge in [-0.15, -0.1) is 0 Å². The molecule has 0 aliphatic rings. The van der Waals surface area contributed by atoms with E-state index in [1.807, 2.05) is 0 Å². The molecule has 116 valence electrons. The summed E-state index contributed by atoms with van der Waals surface area (Å²) in [5, 5.41) is 21.8. The number of hydrogen-bond donors (Lipinski definition) is 6. The number of hydrogen-bond acceptors (Lipinski definition) is 6. The van der Waals surface area contributed by atoms with Gasteiger partial charge in [-0.1, -0.05) is 16.7 Å². The molecule has 14 heteroatoms. The van der Waals surface area contributed by atoms with Gasteiger partial charge in [0.25, 0.3) is 0 Å². The molecule has 0 aliphatic carbocycles. The zero-order chi connectivity index (χ0) is 15.1. The summed E-state index contributed by atoms with van der Waals surface area (Å²) in [6.07, 6.45) is 0.595. The van der Waals surface area contributed by atoms with Crippen LogP contribution in [0.25, 0.3) is 0 Å². The van der Waals surface area contributed by atoms with Gasteiger partial charge in [0.2, 0.25) is 0 Å². The van der Waals surface area contributed by atoms with Gasteiger partial charge in [-0.25, -0.2) is 0 Å². The Kier molecular flexibility index (Phi) is 16.3. The van der Waals surface area contributed by atoms with Crippen LogP contribution in [-0.4, -0.2) is 40.9 Å². The van der Waals surface area contributed by atoms with Gasteiger partial charge in [0, 0.05) is 12.8 Å². The van der Waals surface area contributed by atoms with E-state index >= 15 is 0 Å². The fraction of sp³-hybridized carbons (Fsp3) is 0.714. The number of rotatable bonds is 8. The van der Waals surface area contributed by atoms with Crippen molar-refractivity contribution in [3.63, 3.8) is 0 Å². The van der Waals surface area contributed by atoms with E-state index in [-0.39, 0.29) is 87.7 Å². The Morgan fingerprint density at radius 1 is 0.762 bits per heavy atom. The second kappa shape index (κ2) is 12.6. The standard InChI is InChI=1S/C7H16N2O8P2.2Na.2H/c10-8-6(18(12,13)14)4-2-1-3-5-7(9-11)19(15,16)17;;;;/h10-11H,1-5H2,(H2,12,13,14)(H2,15,16,17);;;;/q;2*+1;2*-1/b8-6-,9-7+;;;;. The van der Waals surface area contributed by atoms with Crippen molar-refractivity contribution in [2.45, 2.75) is 32.1 Å². The van der Waals surface area contributed by atoms with Crippen LogP contribution in [0.5, 0.6) is 0 Å². The minimum absolute atomic E-state index is 0. The van der Waals surface area contributed by atoms with Crippen molar-refractivity contribution in [2.24, 2.45) is 10.3 Å². The first-order chi connectivity index (χ1) is 8.62. The smallest absolute Gasteiger partial charge is 1.00 e. The summed E-state index contributed by atoms with van der Waals surface area (Å²) in [6.45, 7) is 0. The molecule has 0 aromatic carbocycles. The van der Waals surface area contributed by atoms with Crippen molar-refractivity contribution in [3.05, 3.63) is 0 Å². The van der Waals surface area contributed by atoms with Crippen molar-refractivity contribution >= 4 is 26.1 Å². The minimum Gasteiger partial charge on any atom is -1.00 e. The summed E-state index contributed by atoms with van der Waals surface area (Å²) in [5.41, 5.74) is -1.28. The number of nitrogens with zero attached hydrogens (tertiary/aromatic N) is 2. The van der Waals surface area contributed by atoms with Crippen LogP contribution in [0, 0.1) is 0 Å². The van der Waals surface area contributed by atoms with Crippen LogP contribution in [-0.2, 0) is 9.13 Å². The van der Waals surface area contributed by atoms with Gasteiger partial charge in [-0.3, -0.25) is 9.13 Å². The molecule has 6 N–H and O–H groups in total. The zero-order valence-corrected chi connectivity index (χ0v) is 17.6. The normalized spacial score (nSPS) is 13.3. The molecule has 0 rings (SSSR count). The molecule has 0 aromatic heterocycles. The van der Waals surface area contributed by atoms with Crippen LogP contribution in [0.4, 0.5) is 0 Å². The maximum atomic E-state index is 10.8. The van der Waals surface area contributed by atoms with Crippen molar-refractivity contribution in [2.75, 3.05) is 0 Å². The van der Waals surface area contributed by atoms with Crippen LogP contribution in [0.3, 0.4) is 0 Å². The number of oxime groups is 2. The van der Waals surface area contributed by atoms with Crippen molar-refractivity contribution < 1.29 is 101 Å². The summed E-state index contributed by atoms with van der Waals surface area (Å²) in [6, 6.07) is 0. The summed E-state index contributed by atoms with van der Waals surface area (Å²) in [7, 11) is -9.13. The fourth-order valence-corrected chi connectivity index (χ4v) is 2.38. The van der Waals surface area contributed by atoms with Crippen molar-refractivity contribution in [1.82, 2.24) is 0 Å². The molecular formula is C7H18N2Na2O8P2. The number of unbranched alkanes of at least 4 members (excludes halogenated alkanes) is 2. The molecule has 0 saturated carbocycles. The Morgan fingerprint density at radius 2 is 1.05 bits per heavy atom. The molecule has 0 unspecified atom stereocenters. The van der Waals surface area contributed by atoms with Crippen LogP contribution < -0.4 is 59.1 Å². The Hall–Kier alpha value is 1.24. The van der Waals surface area contributed by atoms with E-state index in [0.29, 0.717) is 6.42 Å². The van der Waals surface area contributed by atoms with E-state index in [1.165, 1.54) is 0 Å². The first kappa shape index (κ1) is 27.1. The molecule has 0 radical (unpaired) electrons. The third-order valence-electron chi connectivity index (χ3n) is 2.20. The molecule has 0 spiro atoms. The second-order valence-electron chi connectivity index (χ2n) is 3.68. The molecule has 0 atom stereocenters. The van der Waals surface area contributed by atoms with Gasteiger partial charge in [0.05, 0.1) is 0 Å². The van der Waals surface area contributed by atoms with Gasteiger partial charge in [0.1, 0.15) is 0 Å². The second-order valence-corrected chi connectivity index (χ2v) is 6.89. The average Bonchev–Trinajstić information content (AvgIpc) is 2.24. The summed E-state index contributed by atoms with van der Waals surface area (Å²) < 4.78 is 21.5. The van der Waals surface area contributed by atoms with E-state index in [2.05, 4.69) is 10.3 Å². The minimum atomic E-state index is -4.56. The SMILES string of the molecule is O=P(O)(O)/C(CCCCC/C(=N\O)P(=O)(O)O)=N\O.[H-].[H-].[Na+].[Na+]. The quantitative estimate of drug-likeness (QED) is 0.0617. The van der Waals surface area contributed by atoms with E-state index in [1.54, 1.807) is 0 Å². The van der Waals surface area contributed by atoms with E-state index < -0.39 is 26.1 Å². The predicted octanol–water partition coefficient (Wildman–Crippen LogP) is -4.90. The van der Waals surface area contributed by atoms with Crippen LogP contribution >= 0.6 is 15.2 Å². The van der Waals surface area contributed by atoms with Gasteiger partial charge in [-0.2, -0.15) is 0 Å². The van der Waals surface area contributed by atoms with Crippen molar-refractivity contribution in [3.8, 4) is 0 Å². The Labute approximate surface area is 168 Å². The predicted molar refractivity (Wildman–Crippen MR) is 67.8 cm³/mol.